The van der Waals surface area contributed by atoms with Gasteiger partial charge >= 0.3 is 5.69 Å². The lowest BCUT2D eigenvalue weighted by Crippen LogP contribution is -2.17. The molecule has 0 unspecified atom stereocenters. The van der Waals surface area contributed by atoms with Crippen molar-refractivity contribution in [1.29, 1.82) is 0 Å². The Morgan fingerprint density at radius 2 is 1.91 bits per heavy atom. The fourth-order valence-electron chi connectivity index (χ4n) is 3.68. The number of nitrogens with one attached hydrogen (secondary N) is 1. The topological polar surface area (TPSA) is 77.7 Å². The molecule has 3 aromatic heterocycles. The van der Waals surface area contributed by atoms with Crippen LogP contribution in [-0.4, -0.2) is 37.2 Å². The number of aromatic amines is 1. The van der Waals surface area contributed by atoms with Crippen molar-refractivity contribution in [2.45, 2.75) is 18.1 Å². The van der Waals surface area contributed by atoms with E-state index in [-0.39, 0.29) is 5.69 Å². The lowest BCUT2D eigenvalue weighted by molar-refractivity contribution is 0.412. The molecule has 0 spiro atoms. The predicted molar refractivity (Wildman–Crippen MR) is 129 cm³/mol. The van der Waals surface area contributed by atoms with Gasteiger partial charge in [-0.25, -0.2) is 4.79 Å². The van der Waals surface area contributed by atoms with Crippen LogP contribution in [0, 0.1) is 0 Å². The van der Waals surface area contributed by atoms with Gasteiger partial charge in [-0.2, -0.15) is 0 Å². The van der Waals surface area contributed by atoms with Gasteiger partial charge in [0, 0.05) is 12.3 Å². The number of thioether (sulfide) groups is 1. The Morgan fingerprint density at radius 1 is 1.06 bits per heavy atom. The molecule has 32 heavy (non-hydrogen) atoms. The number of H-pyrrole nitrogens is 1. The number of fused-ring (bicyclic) bond motifs is 1. The molecule has 0 aliphatic heterocycles. The van der Waals surface area contributed by atoms with Crippen LogP contribution in [-0.2, 0) is 6.54 Å². The largest absolute Gasteiger partial charge is 0.495 e. The quantitative estimate of drug-likeness (QED) is 0.263. The van der Waals surface area contributed by atoms with Gasteiger partial charge in [0.05, 0.1) is 28.7 Å². The first kappa shape index (κ1) is 20.6. The second-order valence-corrected chi connectivity index (χ2v) is 9.10. The SMILES string of the molecule is COc1ccccc1-n1c(SCCCn2c(=O)[nH]c3ccccc32)nnc1-c1cccs1. The summed E-state index contributed by atoms with van der Waals surface area (Å²) in [5.41, 5.74) is 2.62. The molecule has 0 aliphatic carbocycles. The number of nitrogens with zero attached hydrogens (tertiary/aromatic N) is 4. The summed E-state index contributed by atoms with van der Waals surface area (Å²) in [6.45, 7) is 0.635. The molecular formula is C23H21N5O2S2. The number of benzene rings is 2. The fraction of sp³-hybridized carbons (Fsp3) is 0.174. The minimum absolute atomic E-state index is 0.0756. The zero-order chi connectivity index (χ0) is 21.9. The van der Waals surface area contributed by atoms with Crippen LogP contribution in [0.1, 0.15) is 6.42 Å². The van der Waals surface area contributed by atoms with Gasteiger partial charge in [-0.05, 0) is 42.1 Å². The highest BCUT2D eigenvalue weighted by atomic mass is 32.2. The van der Waals surface area contributed by atoms with E-state index >= 15 is 0 Å². The maximum Gasteiger partial charge on any atom is 0.326 e. The zero-order valence-electron chi connectivity index (χ0n) is 17.4. The molecule has 7 nitrogen and oxygen atoms in total. The van der Waals surface area contributed by atoms with Crippen LogP contribution in [0.3, 0.4) is 0 Å². The summed E-state index contributed by atoms with van der Waals surface area (Å²) in [7, 11) is 1.67. The lowest BCUT2D eigenvalue weighted by Gasteiger charge is -2.13. The highest BCUT2D eigenvalue weighted by Gasteiger charge is 2.19. The average Bonchev–Trinajstić information content (AvgIpc) is 3.55. The molecule has 5 rings (SSSR count). The molecule has 0 fully saturated rings. The standard InChI is InChI=1S/C23H21N5O2S2/c1-30-19-11-5-4-10-18(19)28-21(20-12-6-14-31-20)25-26-23(28)32-15-7-13-27-17-9-3-2-8-16(17)24-22(27)29/h2-6,8-12,14H,7,13,15H2,1H3,(H,24,29). The highest BCUT2D eigenvalue weighted by Crippen LogP contribution is 2.34. The Bertz CT molecular complexity index is 1400. The maximum absolute atomic E-state index is 12.3. The number of aromatic nitrogens is 5. The zero-order valence-corrected chi connectivity index (χ0v) is 19.0. The molecule has 1 N–H and O–H groups in total. The van der Waals surface area contributed by atoms with Crippen LogP contribution in [0.5, 0.6) is 5.75 Å². The highest BCUT2D eigenvalue weighted by molar-refractivity contribution is 7.99. The molecule has 2 aromatic carbocycles. The van der Waals surface area contributed by atoms with Crippen LogP contribution >= 0.6 is 23.1 Å². The number of rotatable bonds is 8. The van der Waals surface area contributed by atoms with E-state index in [1.807, 2.05) is 70.6 Å². The first-order valence-electron chi connectivity index (χ1n) is 10.2. The van der Waals surface area contributed by atoms with Crippen LogP contribution in [0.2, 0.25) is 0 Å². The van der Waals surface area contributed by atoms with E-state index in [4.69, 9.17) is 4.74 Å². The Hall–Kier alpha value is -3.30. The monoisotopic (exact) mass is 463 g/mol. The minimum Gasteiger partial charge on any atom is -0.495 e. The predicted octanol–water partition coefficient (Wildman–Crippen LogP) is 4.83. The van der Waals surface area contributed by atoms with Crippen molar-refractivity contribution in [2.24, 2.45) is 0 Å². The molecule has 0 radical (unpaired) electrons. The summed E-state index contributed by atoms with van der Waals surface area (Å²) in [5.74, 6) is 2.35. The number of ether oxygens (including phenoxy) is 1. The van der Waals surface area contributed by atoms with E-state index < -0.39 is 0 Å². The number of imidazole rings is 1. The van der Waals surface area contributed by atoms with Gasteiger partial charge in [0.2, 0.25) is 0 Å². The second-order valence-electron chi connectivity index (χ2n) is 7.09. The van der Waals surface area contributed by atoms with Crippen LogP contribution in [0.4, 0.5) is 0 Å². The number of methoxy groups -OCH3 is 1. The molecule has 5 aromatic rings. The van der Waals surface area contributed by atoms with Crippen molar-refractivity contribution in [3.63, 3.8) is 0 Å². The molecule has 162 valence electrons. The number of hydrogen-bond donors (Lipinski definition) is 1. The summed E-state index contributed by atoms with van der Waals surface area (Å²) in [6, 6.07) is 19.7. The van der Waals surface area contributed by atoms with Gasteiger partial charge < -0.3 is 9.72 Å². The van der Waals surface area contributed by atoms with E-state index in [0.717, 1.165) is 50.5 Å². The Morgan fingerprint density at radius 3 is 2.75 bits per heavy atom. The maximum atomic E-state index is 12.3. The third-order valence-corrected chi connectivity index (χ3v) is 7.02. The second kappa shape index (κ2) is 9.05. The van der Waals surface area contributed by atoms with Crippen LogP contribution in [0.25, 0.3) is 27.4 Å². The Labute approximate surface area is 192 Å². The van der Waals surface area contributed by atoms with Gasteiger partial charge in [-0.3, -0.25) is 9.13 Å². The first-order valence-corrected chi connectivity index (χ1v) is 12.1. The van der Waals surface area contributed by atoms with Crippen molar-refractivity contribution in [2.75, 3.05) is 12.9 Å². The number of hydrogen-bond acceptors (Lipinski definition) is 6. The third kappa shape index (κ3) is 3.85. The number of thiophene rings is 1. The summed E-state index contributed by atoms with van der Waals surface area (Å²) in [4.78, 5) is 16.3. The van der Waals surface area contributed by atoms with E-state index in [1.165, 1.54) is 0 Å². The minimum atomic E-state index is -0.0756. The molecule has 0 aliphatic rings. The summed E-state index contributed by atoms with van der Waals surface area (Å²) in [5, 5.41) is 11.8. The van der Waals surface area contributed by atoms with Gasteiger partial charge in [0.1, 0.15) is 5.75 Å². The van der Waals surface area contributed by atoms with Crippen molar-refractivity contribution >= 4 is 34.1 Å². The average molecular weight is 464 g/mol. The molecular weight excluding hydrogens is 442 g/mol. The normalized spacial score (nSPS) is 11.3. The van der Waals surface area contributed by atoms with Crippen LogP contribution < -0.4 is 10.4 Å². The summed E-state index contributed by atoms with van der Waals surface area (Å²) >= 11 is 3.25. The summed E-state index contributed by atoms with van der Waals surface area (Å²) in [6.07, 6.45) is 0.819. The van der Waals surface area contributed by atoms with Crippen molar-refractivity contribution in [3.8, 4) is 22.1 Å². The molecule has 9 heteroatoms. The van der Waals surface area contributed by atoms with E-state index in [9.17, 15) is 4.79 Å². The Kier molecular flexibility index (Phi) is 5.83. The summed E-state index contributed by atoms with van der Waals surface area (Å²) < 4.78 is 9.44. The molecule has 0 saturated heterocycles. The molecule has 0 amide bonds. The van der Waals surface area contributed by atoms with Gasteiger partial charge in [0.15, 0.2) is 11.0 Å². The molecule has 0 saturated carbocycles. The van der Waals surface area contributed by atoms with Gasteiger partial charge in [-0.15, -0.1) is 21.5 Å². The number of aryl methyl sites for hydroxylation is 1. The molecule has 0 atom stereocenters. The lowest BCUT2D eigenvalue weighted by atomic mass is 10.3. The molecule has 3 heterocycles. The van der Waals surface area contributed by atoms with E-state index in [0.29, 0.717) is 6.54 Å². The smallest absolute Gasteiger partial charge is 0.326 e. The van der Waals surface area contributed by atoms with Crippen molar-refractivity contribution < 1.29 is 4.74 Å². The fourth-order valence-corrected chi connectivity index (χ4v) is 5.24. The third-order valence-electron chi connectivity index (χ3n) is 5.14. The van der Waals surface area contributed by atoms with Gasteiger partial charge in [0.25, 0.3) is 0 Å². The first-order chi connectivity index (χ1) is 15.8. The Balaban J connectivity index is 1.39. The number of para-hydroxylation sites is 4. The van der Waals surface area contributed by atoms with Crippen molar-refractivity contribution in [3.05, 3.63) is 76.5 Å². The van der Waals surface area contributed by atoms with Gasteiger partial charge in [-0.1, -0.05) is 42.1 Å². The van der Waals surface area contributed by atoms with Crippen LogP contribution in [0.15, 0.2) is 76.0 Å². The van der Waals surface area contributed by atoms with E-state index in [1.54, 1.807) is 34.8 Å². The molecule has 0 bridgehead atoms. The van der Waals surface area contributed by atoms with Crippen molar-refractivity contribution in [1.82, 2.24) is 24.3 Å². The van der Waals surface area contributed by atoms with E-state index in [2.05, 4.69) is 15.2 Å².